The van der Waals surface area contributed by atoms with Crippen LogP contribution < -0.4 is 5.32 Å². The number of guanidine groups is 1. The van der Waals surface area contributed by atoms with Gasteiger partial charge in [-0.05, 0) is 30.0 Å². The van der Waals surface area contributed by atoms with Gasteiger partial charge in [0.05, 0.1) is 5.70 Å². The average Bonchev–Trinajstić information content (AvgIpc) is 2.99. The molecule has 0 atom stereocenters. The summed E-state index contributed by atoms with van der Waals surface area (Å²) < 4.78 is 0. The molecule has 1 aromatic carbocycles. The van der Waals surface area contributed by atoms with Crippen LogP contribution in [-0.2, 0) is 0 Å². The molecule has 0 amide bonds. The van der Waals surface area contributed by atoms with Gasteiger partial charge in [0.1, 0.15) is 0 Å². The Labute approximate surface area is 149 Å². The first kappa shape index (κ1) is 17.1. The Morgan fingerprint density at radius 2 is 2.00 bits per heavy atom. The molecule has 0 aromatic heterocycles. The number of nitrogens with one attached hydrogen (secondary N) is 1. The van der Waals surface area contributed by atoms with Crippen molar-refractivity contribution in [3.63, 3.8) is 0 Å². The Balaban J connectivity index is 1.89. The predicted molar refractivity (Wildman–Crippen MR) is 108 cm³/mol. The Hall–Kier alpha value is -2.75. The normalized spacial score (nSPS) is 16.9. The van der Waals surface area contributed by atoms with E-state index in [1.54, 1.807) is 0 Å². The summed E-state index contributed by atoms with van der Waals surface area (Å²) in [4.78, 5) is 13.5. The molecule has 4 heteroatoms. The average molecular weight is 332 g/mol. The summed E-state index contributed by atoms with van der Waals surface area (Å²) in [7, 11) is 0. The van der Waals surface area contributed by atoms with Crippen LogP contribution in [0.1, 0.15) is 43.7 Å². The topological polar surface area (TPSA) is 49.1 Å². The maximum Gasteiger partial charge on any atom is 0.227 e. The van der Waals surface area contributed by atoms with Crippen LogP contribution in [0, 0.1) is 6.92 Å². The molecule has 0 bridgehead atoms. The van der Waals surface area contributed by atoms with Gasteiger partial charge in [-0.25, -0.2) is 9.98 Å². The van der Waals surface area contributed by atoms with E-state index in [4.69, 9.17) is 4.99 Å². The highest BCUT2D eigenvalue weighted by molar-refractivity contribution is 6.00. The molecular weight excluding hydrogens is 308 g/mol. The number of hydrogen-bond acceptors (Lipinski definition) is 4. The van der Waals surface area contributed by atoms with Gasteiger partial charge < -0.3 is 5.32 Å². The van der Waals surface area contributed by atoms with Crippen LogP contribution in [0.4, 0.5) is 5.69 Å². The Morgan fingerprint density at radius 1 is 1.12 bits per heavy atom. The molecule has 3 rings (SSSR count). The molecule has 0 fully saturated rings. The first-order chi connectivity index (χ1) is 12.1. The summed E-state index contributed by atoms with van der Waals surface area (Å²) in [5.41, 5.74) is 5.42. The second-order valence-electron chi connectivity index (χ2n) is 6.48. The molecule has 0 saturated carbocycles. The van der Waals surface area contributed by atoms with E-state index in [0.717, 1.165) is 29.8 Å². The van der Waals surface area contributed by atoms with Gasteiger partial charge in [-0.3, -0.25) is 4.99 Å². The SMILES string of the molecule is Cc1ccc(C(C)C)cc1NC1=NC(C2=CN=CCC=C2)=CCC=N1. The lowest BCUT2D eigenvalue weighted by atomic mass is 10.0. The summed E-state index contributed by atoms with van der Waals surface area (Å²) in [6.07, 6.45) is 13.5. The highest BCUT2D eigenvalue weighted by atomic mass is 15.1. The molecule has 1 aromatic rings. The number of rotatable bonds is 3. The van der Waals surface area contributed by atoms with Crippen LogP contribution in [0.3, 0.4) is 0 Å². The van der Waals surface area contributed by atoms with Crippen LogP contribution in [0.25, 0.3) is 0 Å². The number of anilines is 1. The predicted octanol–water partition coefficient (Wildman–Crippen LogP) is 5.16. The van der Waals surface area contributed by atoms with Gasteiger partial charge in [-0.2, -0.15) is 0 Å². The summed E-state index contributed by atoms with van der Waals surface area (Å²) >= 11 is 0. The van der Waals surface area contributed by atoms with E-state index in [9.17, 15) is 0 Å². The molecule has 0 unspecified atom stereocenters. The summed E-state index contributed by atoms with van der Waals surface area (Å²) in [6, 6.07) is 6.50. The van der Waals surface area contributed by atoms with Crippen LogP contribution in [0.5, 0.6) is 0 Å². The Kier molecular flexibility index (Phi) is 5.39. The van der Waals surface area contributed by atoms with Crippen molar-refractivity contribution in [2.24, 2.45) is 15.0 Å². The van der Waals surface area contributed by atoms with Gasteiger partial charge in [0, 0.05) is 42.7 Å². The number of allylic oxidation sites excluding steroid dienone is 3. The number of hydrogen-bond donors (Lipinski definition) is 1. The number of aliphatic imine (C=N–C) groups is 3. The van der Waals surface area contributed by atoms with Crippen LogP contribution >= 0.6 is 0 Å². The summed E-state index contributed by atoms with van der Waals surface area (Å²) in [6.45, 7) is 6.49. The van der Waals surface area contributed by atoms with Crippen LogP contribution in [-0.4, -0.2) is 18.4 Å². The lowest BCUT2D eigenvalue weighted by Gasteiger charge is -2.13. The van der Waals surface area contributed by atoms with Crippen molar-refractivity contribution in [3.05, 3.63) is 65.0 Å². The summed E-state index contributed by atoms with van der Waals surface area (Å²) in [5, 5.41) is 3.39. The fraction of sp³-hybridized carbons (Fsp3) is 0.286. The van der Waals surface area contributed by atoms with E-state index < -0.39 is 0 Å². The first-order valence-corrected chi connectivity index (χ1v) is 8.71. The van der Waals surface area contributed by atoms with E-state index in [1.807, 2.05) is 18.6 Å². The Bertz CT molecular complexity index is 820. The molecule has 2 aliphatic rings. The fourth-order valence-electron chi connectivity index (χ4n) is 2.63. The third-order valence-electron chi connectivity index (χ3n) is 4.18. The number of aryl methyl sites for hydroxylation is 1. The minimum Gasteiger partial charge on any atom is -0.324 e. The molecular formula is C21H24N4. The quantitative estimate of drug-likeness (QED) is 0.816. The minimum absolute atomic E-state index is 0.482. The lowest BCUT2D eigenvalue weighted by Crippen LogP contribution is -2.11. The zero-order chi connectivity index (χ0) is 17.6. The van der Waals surface area contributed by atoms with Crippen molar-refractivity contribution in [1.29, 1.82) is 0 Å². The minimum atomic E-state index is 0.482. The number of benzene rings is 1. The van der Waals surface area contributed by atoms with Gasteiger partial charge >= 0.3 is 0 Å². The largest absolute Gasteiger partial charge is 0.324 e. The van der Waals surface area contributed by atoms with Crippen molar-refractivity contribution in [3.8, 4) is 0 Å². The third kappa shape index (κ3) is 4.41. The van der Waals surface area contributed by atoms with Crippen molar-refractivity contribution in [1.82, 2.24) is 0 Å². The molecule has 0 saturated heterocycles. The molecule has 0 aliphatic carbocycles. The molecule has 128 valence electrons. The molecule has 25 heavy (non-hydrogen) atoms. The van der Waals surface area contributed by atoms with Crippen molar-refractivity contribution in [2.45, 2.75) is 39.5 Å². The molecule has 2 aliphatic heterocycles. The van der Waals surface area contributed by atoms with E-state index in [0.29, 0.717) is 11.9 Å². The van der Waals surface area contributed by atoms with Crippen molar-refractivity contribution < 1.29 is 0 Å². The van der Waals surface area contributed by atoms with E-state index in [2.05, 4.69) is 72.5 Å². The standard InChI is InChI=1S/C21H24N4/c1-15(2)17-10-9-16(3)20(13-17)25-21-23-12-6-8-19(24-21)18-7-4-5-11-22-14-18/h4,7-15H,5-6H2,1-3H3,(H,24,25). The summed E-state index contributed by atoms with van der Waals surface area (Å²) in [5.74, 6) is 1.09. The van der Waals surface area contributed by atoms with E-state index in [-0.39, 0.29) is 0 Å². The zero-order valence-electron chi connectivity index (χ0n) is 15.0. The van der Waals surface area contributed by atoms with Gasteiger partial charge in [0.25, 0.3) is 0 Å². The molecule has 0 spiro atoms. The zero-order valence-corrected chi connectivity index (χ0v) is 15.0. The molecule has 1 N–H and O–H groups in total. The third-order valence-corrected chi connectivity index (χ3v) is 4.18. The first-order valence-electron chi connectivity index (χ1n) is 8.71. The smallest absolute Gasteiger partial charge is 0.227 e. The van der Waals surface area contributed by atoms with E-state index >= 15 is 0 Å². The maximum absolute atomic E-state index is 4.73. The molecule has 0 radical (unpaired) electrons. The van der Waals surface area contributed by atoms with Gasteiger partial charge in [-0.1, -0.05) is 44.2 Å². The van der Waals surface area contributed by atoms with Gasteiger partial charge in [0.2, 0.25) is 5.96 Å². The fourth-order valence-corrected chi connectivity index (χ4v) is 2.63. The molecule has 4 nitrogen and oxygen atoms in total. The van der Waals surface area contributed by atoms with Gasteiger partial charge in [0.15, 0.2) is 0 Å². The lowest BCUT2D eigenvalue weighted by molar-refractivity contribution is 0.866. The second kappa shape index (κ2) is 7.88. The van der Waals surface area contributed by atoms with Crippen LogP contribution in [0.2, 0.25) is 0 Å². The molecule has 2 heterocycles. The maximum atomic E-state index is 4.73. The van der Waals surface area contributed by atoms with Crippen LogP contribution in [0.15, 0.2) is 68.9 Å². The highest BCUT2D eigenvalue weighted by Gasteiger charge is 2.10. The highest BCUT2D eigenvalue weighted by Crippen LogP contribution is 2.24. The monoisotopic (exact) mass is 332 g/mol. The van der Waals surface area contributed by atoms with Crippen molar-refractivity contribution >= 4 is 24.1 Å². The van der Waals surface area contributed by atoms with Gasteiger partial charge in [-0.15, -0.1) is 0 Å². The van der Waals surface area contributed by atoms with E-state index in [1.165, 1.54) is 11.1 Å². The second-order valence-corrected chi connectivity index (χ2v) is 6.48. The Morgan fingerprint density at radius 3 is 2.84 bits per heavy atom. The number of nitrogens with zero attached hydrogens (tertiary/aromatic N) is 3. The van der Waals surface area contributed by atoms with Crippen molar-refractivity contribution in [2.75, 3.05) is 5.32 Å².